The summed E-state index contributed by atoms with van der Waals surface area (Å²) in [5.74, 6) is 0.122. The van der Waals surface area contributed by atoms with Crippen molar-refractivity contribution in [3.8, 4) is 0 Å². The number of nitrogens with zero attached hydrogens (tertiary/aromatic N) is 2. The molecule has 112 valence electrons. The molecule has 1 heterocycles. The number of halogens is 1. The van der Waals surface area contributed by atoms with Gasteiger partial charge in [0.05, 0.1) is 4.90 Å². The van der Waals surface area contributed by atoms with E-state index in [-0.39, 0.29) is 15.9 Å². The first kappa shape index (κ1) is 14.6. The summed E-state index contributed by atoms with van der Waals surface area (Å²) >= 11 is 5.97. The van der Waals surface area contributed by atoms with Gasteiger partial charge < -0.3 is 5.73 Å². The van der Waals surface area contributed by atoms with Gasteiger partial charge in [-0.3, -0.25) is 4.72 Å². The number of anilines is 2. The van der Waals surface area contributed by atoms with Crippen LogP contribution in [0.5, 0.6) is 0 Å². The molecular formula is C14H11ClN4O2S. The molecule has 0 unspecified atom stereocenters. The van der Waals surface area contributed by atoms with E-state index in [2.05, 4.69) is 14.9 Å². The van der Waals surface area contributed by atoms with Crippen LogP contribution in [0.15, 0.2) is 53.4 Å². The van der Waals surface area contributed by atoms with E-state index >= 15 is 0 Å². The second kappa shape index (κ2) is 5.43. The summed E-state index contributed by atoms with van der Waals surface area (Å²) in [5, 5.41) is 9.01. The quantitative estimate of drug-likeness (QED) is 0.717. The summed E-state index contributed by atoms with van der Waals surface area (Å²) in [7, 11) is -3.79. The second-order valence-electron chi connectivity index (χ2n) is 4.56. The molecule has 2 aromatic carbocycles. The maximum Gasteiger partial charge on any atom is 0.263 e. The highest BCUT2D eigenvalue weighted by Gasteiger charge is 2.17. The van der Waals surface area contributed by atoms with E-state index in [1.807, 2.05) is 0 Å². The number of hydrogen-bond donors (Lipinski definition) is 2. The van der Waals surface area contributed by atoms with Crippen LogP contribution >= 0.6 is 11.6 Å². The number of nitrogens with two attached hydrogens (primary N) is 1. The summed E-state index contributed by atoms with van der Waals surface area (Å²) in [4.78, 5) is 0.0857. The van der Waals surface area contributed by atoms with E-state index < -0.39 is 10.0 Å². The van der Waals surface area contributed by atoms with Gasteiger partial charge in [0.2, 0.25) is 0 Å². The molecule has 0 aliphatic heterocycles. The van der Waals surface area contributed by atoms with Crippen molar-refractivity contribution in [1.82, 2.24) is 10.2 Å². The number of aromatic nitrogens is 2. The zero-order chi connectivity index (χ0) is 15.7. The normalized spacial score (nSPS) is 11.5. The Morgan fingerprint density at radius 1 is 0.955 bits per heavy atom. The number of nitrogens with one attached hydrogen (secondary N) is 1. The van der Waals surface area contributed by atoms with E-state index in [4.69, 9.17) is 17.3 Å². The van der Waals surface area contributed by atoms with Gasteiger partial charge in [-0.2, -0.15) is 0 Å². The van der Waals surface area contributed by atoms with Crippen molar-refractivity contribution in [3.05, 3.63) is 53.7 Å². The van der Waals surface area contributed by atoms with Crippen LogP contribution in [-0.4, -0.2) is 18.6 Å². The molecule has 0 saturated carbocycles. The fourth-order valence-corrected chi connectivity index (χ4v) is 3.20. The van der Waals surface area contributed by atoms with Crippen LogP contribution in [0.3, 0.4) is 0 Å². The summed E-state index contributed by atoms with van der Waals surface area (Å²) in [6.45, 7) is 0. The molecule has 3 N–H and O–H groups in total. The lowest BCUT2D eigenvalue weighted by Crippen LogP contribution is -2.14. The second-order valence-corrected chi connectivity index (χ2v) is 6.60. The molecule has 0 radical (unpaired) electrons. The average Bonchev–Trinajstić information content (AvgIpc) is 2.51. The van der Waals surface area contributed by atoms with Crippen LogP contribution in [0.1, 0.15) is 0 Å². The smallest absolute Gasteiger partial charge is 0.263 e. The third-order valence-corrected chi connectivity index (χ3v) is 4.70. The number of benzene rings is 2. The zero-order valence-corrected chi connectivity index (χ0v) is 12.8. The molecule has 0 spiro atoms. The number of sulfonamides is 1. The van der Waals surface area contributed by atoms with Crippen LogP contribution in [0, 0.1) is 0 Å². The minimum Gasteiger partial charge on any atom is -0.399 e. The molecule has 0 bridgehead atoms. The molecule has 22 heavy (non-hydrogen) atoms. The molecule has 3 aromatic rings. The maximum absolute atomic E-state index is 12.4. The van der Waals surface area contributed by atoms with E-state index in [0.29, 0.717) is 16.5 Å². The van der Waals surface area contributed by atoms with Gasteiger partial charge in [0.15, 0.2) is 11.0 Å². The van der Waals surface area contributed by atoms with Crippen molar-refractivity contribution < 1.29 is 8.42 Å². The van der Waals surface area contributed by atoms with Crippen LogP contribution in [0.25, 0.3) is 10.8 Å². The molecule has 8 heteroatoms. The number of fused-ring (bicyclic) bond motifs is 1. The monoisotopic (exact) mass is 334 g/mol. The Hall–Kier alpha value is -2.38. The fraction of sp³-hybridized carbons (Fsp3) is 0. The number of hydrogen-bond acceptors (Lipinski definition) is 5. The Kier molecular flexibility index (Phi) is 3.59. The Bertz CT molecular complexity index is 943. The molecule has 0 saturated heterocycles. The summed E-state index contributed by atoms with van der Waals surface area (Å²) in [6.07, 6.45) is 0. The van der Waals surface area contributed by atoms with Crippen LogP contribution in [-0.2, 0) is 10.0 Å². The predicted molar refractivity (Wildman–Crippen MR) is 86.2 cm³/mol. The van der Waals surface area contributed by atoms with Gasteiger partial charge in [-0.25, -0.2) is 8.42 Å². The van der Waals surface area contributed by atoms with Crippen molar-refractivity contribution in [2.45, 2.75) is 4.90 Å². The standard InChI is InChI=1S/C14H11ClN4O2S/c15-13-11-3-1-2-4-12(11)14(18-17-13)19-22(20,21)10-7-5-9(16)6-8-10/h1-8H,16H2,(H,18,19). The largest absolute Gasteiger partial charge is 0.399 e. The highest BCUT2D eigenvalue weighted by molar-refractivity contribution is 7.92. The maximum atomic E-state index is 12.4. The SMILES string of the molecule is Nc1ccc(S(=O)(=O)Nc2nnc(Cl)c3ccccc23)cc1. The van der Waals surface area contributed by atoms with E-state index in [0.717, 1.165) is 0 Å². The van der Waals surface area contributed by atoms with Gasteiger partial charge in [-0.1, -0.05) is 35.9 Å². The first-order valence-corrected chi connectivity index (χ1v) is 8.13. The Labute approximate surface area is 132 Å². The van der Waals surface area contributed by atoms with Gasteiger partial charge in [0.25, 0.3) is 10.0 Å². The lowest BCUT2D eigenvalue weighted by molar-refractivity contribution is 0.601. The van der Waals surface area contributed by atoms with E-state index in [9.17, 15) is 8.42 Å². The molecule has 0 amide bonds. The molecular weight excluding hydrogens is 324 g/mol. The molecule has 0 aliphatic rings. The van der Waals surface area contributed by atoms with Crippen molar-refractivity contribution >= 4 is 43.9 Å². The first-order chi connectivity index (χ1) is 10.5. The van der Waals surface area contributed by atoms with Crippen molar-refractivity contribution in [2.24, 2.45) is 0 Å². The third-order valence-electron chi connectivity index (χ3n) is 3.06. The van der Waals surface area contributed by atoms with Crippen LogP contribution in [0.2, 0.25) is 5.15 Å². The van der Waals surface area contributed by atoms with Crippen molar-refractivity contribution in [2.75, 3.05) is 10.5 Å². The minimum atomic E-state index is -3.79. The fourth-order valence-electron chi connectivity index (χ4n) is 1.98. The van der Waals surface area contributed by atoms with Crippen LogP contribution < -0.4 is 10.5 Å². The van der Waals surface area contributed by atoms with Crippen molar-refractivity contribution in [3.63, 3.8) is 0 Å². The van der Waals surface area contributed by atoms with Gasteiger partial charge in [0.1, 0.15) is 0 Å². The van der Waals surface area contributed by atoms with Gasteiger partial charge in [-0.15, -0.1) is 10.2 Å². The molecule has 1 aromatic heterocycles. The Balaban J connectivity index is 2.06. The number of rotatable bonds is 3. The summed E-state index contributed by atoms with van der Waals surface area (Å²) in [6, 6.07) is 12.9. The van der Waals surface area contributed by atoms with Crippen LogP contribution in [0.4, 0.5) is 11.5 Å². The lowest BCUT2D eigenvalue weighted by Gasteiger charge is -2.10. The highest BCUT2D eigenvalue weighted by atomic mass is 35.5. The lowest BCUT2D eigenvalue weighted by atomic mass is 10.2. The number of nitrogen functional groups attached to an aromatic ring is 1. The average molecular weight is 335 g/mol. The Morgan fingerprint density at radius 3 is 2.27 bits per heavy atom. The third kappa shape index (κ3) is 2.68. The topological polar surface area (TPSA) is 98.0 Å². The summed E-state index contributed by atoms with van der Waals surface area (Å²) in [5.41, 5.74) is 6.04. The van der Waals surface area contributed by atoms with Crippen molar-refractivity contribution in [1.29, 1.82) is 0 Å². The van der Waals surface area contributed by atoms with E-state index in [1.54, 1.807) is 24.3 Å². The van der Waals surface area contributed by atoms with Gasteiger partial charge >= 0.3 is 0 Å². The molecule has 0 fully saturated rings. The molecule has 0 atom stereocenters. The van der Waals surface area contributed by atoms with Gasteiger partial charge in [-0.05, 0) is 24.3 Å². The predicted octanol–water partition coefficient (Wildman–Crippen LogP) is 2.67. The molecule has 0 aliphatic carbocycles. The van der Waals surface area contributed by atoms with Gasteiger partial charge in [0, 0.05) is 16.5 Å². The Morgan fingerprint density at radius 2 is 1.59 bits per heavy atom. The van der Waals surface area contributed by atoms with E-state index in [1.165, 1.54) is 24.3 Å². The zero-order valence-electron chi connectivity index (χ0n) is 11.2. The minimum absolute atomic E-state index is 0.0857. The molecule has 3 rings (SSSR count). The first-order valence-electron chi connectivity index (χ1n) is 6.27. The molecule has 6 nitrogen and oxygen atoms in total. The highest BCUT2D eigenvalue weighted by Crippen LogP contribution is 2.27. The summed E-state index contributed by atoms with van der Waals surface area (Å²) < 4.78 is 27.2.